The number of nitrogens with one attached hydrogen (secondary N) is 1. The van der Waals surface area contributed by atoms with Gasteiger partial charge in [0.2, 0.25) is 5.91 Å². The first-order valence-electron chi connectivity index (χ1n) is 5.31. The molecule has 1 saturated carbocycles. The topological polar surface area (TPSA) is 75.4 Å². The Morgan fingerprint density at radius 3 is 2.73 bits per heavy atom. The molecule has 0 spiro atoms. The highest BCUT2D eigenvalue weighted by Crippen LogP contribution is 2.31. The molecule has 1 aliphatic carbocycles. The van der Waals surface area contributed by atoms with Crippen LogP contribution in [0, 0.1) is 0 Å². The van der Waals surface area contributed by atoms with Crippen LogP contribution in [0.2, 0.25) is 0 Å². The van der Waals surface area contributed by atoms with Crippen molar-refractivity contribution in [2.75, 3.05) is 18.6 Å². The summed E-state index contributed by atoms with van der Waals surface area (Å²) in [6.07, 6.45) is 5.48. The highest BCUT2D eigenvalue weighted by molar-refractivity contribution is 7.98. The molecule has 0 saturated heterocycles. The standard InChI is InChI=1S/C10H20N2O2S/c1-15-6-3-8(11)9(14)12-10(7-13)4-2-5-10/h8,13H,2-7,11H2,1H3,(H,12,14)/t8-/m1/s1. The summed E-state index contributed by atoms with van der Waals surface area (Å²) in [5.74, 6) is 0.763. The molecule has 0 aromatic carbocycles. The molecule has 1 amide bonds. The molecule has 88 valence electrons. The molecule has 0 bridgehead atoms. The number of hydrogen-bond acceptors (Lipinski definition) is 4. The van der Waals surface area contributed by atoms with Crippen LogP contribution < -0.4 is 11.1 Å². The van der Waals surface area contributed by atoms with E-state index in [2.05, 4.69) is 5.32 Å². The average molecular weight is 232 g/mol. The molecular formula is C10H20N2O2S. The van der Waals surface area contributed by atoms with Gasteiger partial charge in [0.25, 0.3) is 0 Å². The first kappa shape index (κ1) is 12.8. The van der Waals surface area contributed by atoms with Crippen molar-refractivity contribution in [3.8, 4) is 0 Å². The van der Waals surface area contributed by atoms with Crippen LogP contribution >= 0.6 is 11.8 Å². The zero-order valence-corrected chi connectivity index (χ0v) is 9.98. The number of rotatable bonds is 6. The van der Waals surface area contributed by atoms with Crippen LogP contribution in [0.5, 0.6) is 0 Å². The van der Waals surface area contributed by atoms with E-state index in [1.54, 1.807) is 11.8 Å². The zero-order chi connectivity index (χ0) is 11.3. The number of hydrogen-bond donors (Lipinski definition) is 3. The number of thioether (sulfide) groups is 1. The Labute approximate surface area is 95.0 Å². The highest BCUT2D eigenvalue weighted by atomic mass is 32.2. The van der Waals surface area contributed by atoms with Gasteiger partial charge in [-0.1, -0.05) is 0 Å². The maximum Gasteiger partial charge on any atom is 0.237 e. The fourth-order valence-corrected chi connectivity index (χ4v) is 2.15. The third-order valence-electron chi connectivity index (χ3n) is 2.97. The molecule has 0 heterocycles. The van der Waals surface area contributed by atoms with Gasteiger partial charge in [-0.3, -0.25) is 4.79 Å². The molecule has 4 N–H and O–H groups in total. The molecule has 1 rings (SSSR count). The number of aliphatic hydroxyl groups is 1. The largest absolute Gasteiger partial charge is 0.394 e. The number of carbonyl (C=O) groups is 1. The SMILES string of the molecule is CSCC[C@@H](N)C(=O)NC1(CO)CCC1. The number of nitrogens with two attached hydrogens (primary N) is 1. The van der Waals surface area contributed by atoms with Crippen molar-refractivity contribution < 1.29 is 9.90 Å². The number of carbonyl (C=O) groups excluding carboxylic acids is 1. The first-order valence-corrected chi connectivity index (χ1v) is 6.70. The van der Waals surface area contributed by atoms with Gasteiger partial charge in [0.05, 0.1) is 18.2 Å². The van der Waals surface area contributed by atoms with Crippen molar-refractivity contribution in [2.24, 2.45) is 5.73 Å². The lowest BCUT2D eigenvalue weighted by atomic mass is 9.77. The van der Waals surface area contributed by atoms with E-state index in [-0.39, 0.29) is 18.1 Å². The van der Waals surface area contributed by atoms with E-state index in [1.807, 2.05) is 6.26 Å². The van der Waals surface area contributed by atoms with Crippen molar-refractivity contribution in [3.63, 3.8) is 0 Å². The molecule has 0 radical (unpaired) electrons. The predicted octanol–water partition coefficient (Wildman–Crippen LogP) is 0.0980. The molecule has 0 aromatic heterocycles. The number of amides is 1. The van der Waals surface area contributed by atoms with Crippen molar-refractivity contribution in [1.82, 2.24) is 5.32 Å². The molecule has 15 heavy (non-hydrogen) atoms. The Balaban J connectivity index is 2.33. The second kappa shape index (κ2) is 5.72. The van der Waals surface area contributed by atoms with Crippen LogP contribution in [0.1, 0.15) is 25.7 Å². The highest BCUT2D eigenvalue weighted by Gasteiger charge is 2.38. The Bertz CT molecular complexity index is 214. The van der Waals surface area contributed by atoms with Gasteiger partial charge in [-0.2, -0.15) is 11.8 Å². The van der Waals surface area contributed by atoms with Gasteiger partial charge in [0.15, 0.2) is 0 Å². The van der Waals surface area contributed by atoms with Crippen LogP contribution in [0.3, 0.4) is 0 Å². The van der Waals surface area contributed by atoms with Crippen molar-refractivity contribution in [3.05, 3.63) is 0 Å². The Kier molecular flexibility index (Phi) is 4.89. The molecule has 1 aliphatic rings. The van der Waals surface area contributed by atoms with Crippen LogP contribution in [-0.4, -0.2) is 41.2 Å². The van der Waals surface area contributed by atoms with Gasteiger partial charge < -0.3 is 16.2 Å². The first-order chi connectivity index (χ1) is 7.13. The normalized spacial score (nSPS) is 20.5. The summed E-state index contributed by atoms with van der Waals surface area (Å²) in [4.78, 5) is 11.7. The lowest BCUT2D eigenvalue weighted by Crippen LogP contribution is -2.59. The minimum absolute atomic E-state index is 0.0218. The van der Waals surface area contributed by atoms with Crippen LogP contribution in [-0.2, 0) is 4.79 Å². The average Bonchev–Trinajstić information content (AvgIpc) is 2.19. The summed E-state index contributed by atoms with van der Waals surface area (Å²) in [6, 6.07) is -0.443. The summed E-state index contributed by atoms with van der Waals surface area (Å²) < 4.78 is 0. The van der Waals surface area contributed by atoms with Gasteiger partial charge in [-0.05, 0) is 37.7 Å². The summed E-state index contributed by atoms with van der Waals surface area (Å²) in [7, 11) is 0. The summed E-state index contributed by atoms with van der Waals surface area (Å²) in [5.41, 5.74) is 5.37. The zero-order valence-electron chi connectivity index (χ0n) is 9.16. The minimum Gasteiger partial charge on any atom is -0.394 e. The van der Waals surface area contributed by atoms with E-state index in [4.69, 9.17) is 5.73 Å². The van der Waals surface area contributed by atoms with Crippen LogP contribution in [0.25, 0.3) is 0 Å². The van der Waals surface area contributed by atoms with Crippen molar-refractivity contribution in [1.29, 1.82) is 0 Å². The van der Waals surface area contributed by atoms with E-state index in [9.17, 15) is 9.90 Å². The van der Waals surface area contributed by atoms with E-state index >= 15 is 0 Å². The van der Waals surface area contributed by atoms with Crippen molar-refractivity contribution >= 4 is 17.7 Å². The van der Waals surface area contributed by atoms with Gasteiger partial charge in [0, 0.05) is 0 Å². The van der Waals surface area contributed by atoms with Gasteiger partial charge in [0.1, 0.15) is 0 Å². The van der Waals surface area contributed by atoms with E-state index < -0.39 is 6.04 Å². The van der Waals surface area contributed by atoms with Gasteiger partial charge in [-0.25, -0.2) is 0 Å². The van der Waals surface area contributed by atoms with Crippen molar-refractivity contribution in [2.45, 2.75) is 37.3 Å². The van der Waals surface area contributed by atoms with E-state index in [0.717, 1.165) is 25.0 Å². The van der Waals surface area contributed by atoms with E-state index in [0.29, 0.717) is 6.42 Å². The smallest absolute Gasteiger partial charge is 0.237 e. The molecule has 5 heteroatoms. The predicted molar refractivity (Wildman–Crippen MR) is 62.8 cm³/mol. The van der Waals surface area contributed by atoms with E-state index in [1.165, 1.54) is 0 Å². The molecule has 0 unspecified atom stereocenters. The lowest BCUT2D eigenvalue weighted by Gasteiger charge is -2.41. The third-order valence-corrected chi connectivity index (χ3v) is 3.62. The Hall–Kier alpha value is -0.260. The summed E-state index contributed by atoms with van der Waals surface area (Å²) in [6.45, 7) is 0.0218. The fraction of sp³-hybridized carbons (Fsp3) is 0.900. The van der Waals surface area contributed by atoms with Crippen LogP contribution in [0.15, 0.2) is 0 Å². The maximum absolute atomic E-state index is 11.7. The molecule has 1 atom stereocenters. The Morgan fingerprint density at radius 1 is 1.67 bits per heavy atom. The molecule has 0 aromatic rings. The molecule has 1 fully saturated rings. The second-order valence-electron chi connectivity index (χ2n) is 4.17. The maximum atomic E-state index is 11.7. The fourth-order valence-electron chi connectivity index (χ4n) is 1.66. The van der Waals surface area contributed by atoms with Gasteiger partial charge in [-0.15, -0.1) is 0 Å². The molecule has 0 aliphatic heterocycles. The van der Waals surface area contributed by atoms with Gasteiger partial charge >= 0.3 is 0 Å². The van der Waals surface area contributed by atoms with Crippen LogP contribution in [0.4, 0.5) is 0 Å². The molecular weight excluding hydrogens is 212 g/mol. The molecule has 4 nitrogen and oxygen atoms in total. The summed E-state index contributed by atoms with van der Waals surface area (Å²) in [5, 5.41) is 12.0. The number of aliphatic hydroxyl groups excluding tert-OH is 1. The quantitative estimate of drug-likeness (QED) is 0.607. The third kappa shape index (κ3) is 3.36. The monoisotopic (exact) mass is 232 g/mol. The summed E-state index contributed by atoms with van der Waals surface area (Å²) >= 11 is 1.68. The Morgan fingerprint density at radius 2 is 2.33 bits per heavy atom. The lowest BCUT2D eigenvalue weighted by molar-refractivity contribution is -0.126. The minimum atomic E-state index is -0.443. The second-order valence-corrected chi connectivity index (χ2v) is 5.15.